The fraction of sp³-hybridized carbons (Fsp3) is 0.250. The van der Waals surface area contributed by atoms with Crippen LogP contribution in [0.15, 0.2) is 79.2 Å². The third-order valence-corrected chi connectivity index (χ3v) is 5.74. The van der Waals surface area contributed by atoms with Gasteiger partial charge >= 0.3 is 0 Å². The Hall–Kier alpha value is -3.80. The summed E-state index contributed by atoms with van der Waals surface area (Å²) in [5.41, 5.74) is 6.11. The number of allylic oxidation sites excluding steroid dienone is 3. The SMILES string of the molecule is C=C(/C=C(\CC)Cn1cc2nc(-c3ccccc3F)nc-2cn1)c1ccc(NCCCC)cc1. The topological polar surface area (TPSA) is 55.6 Å². The number of aromatic nitrogens is 4. The molecule has 174 valence electrons. The Labute approximate surface area is 200 Å². The number of hydrogen-bond acceptors (Lipinski definition) is 4. The highest BCUT2D eigenvalue weighted by molar-refractivity contribution is 5.73. The zero-order chi connectivity index (χ0) is 23.9. The average Bonchev–Trinajstić information content (AvgIpc) is 3.27. The minimum Gasteiger partial charge on any atom is -0.385 e. The van der Waals surface area contributed by atoms with Crippen molar-refractivity contribution in [2.45, 2.75) is 39.7 Å². The number of imidazole rings is 1. The highest BCUT2D eigenvalue weighted by atomic mass is 19.1. The van der Waals surface area contributed by atoms with Crippen molar-refractivity contribution in [3.05, 3.63) is 90.5 Å². The molecule has 34 heavy (non-hydrogen) atoms. The molecule has 0 aromatic heterocycles. The summed E-state index contributed by atoms with van der Waals surface area (Å²) < 4.78 is 16.0. The number of halogens is 1. The molecule has 0 bridgehead atoms. The number of benzene rings is 2. The molecule has 5 nitrogen and oxygen atoms in total. The lowest BCUT2D eigenvalue weighted by atomic mass is 10.0. The molecule has 0 aliphatic carbocycles. The number of rotatable bonds is 10. The summed E-state index contributed by atoms with van der Waals surface area (Å²) in [7, 11) is 0. The monoisotopic (exact) mass is 455 g/mol. The van der Waals surface area contributed by atoms with Crippen LogP contribution in [0.5, 0.6) is 0 Å². The number of nitrogens with zero attached hydrogens (tertiary/aromatic N) is 4. The van der Waals surface area contributed by atoms with E-state index in [0.29, 0.717) is 29.3 Å². The van der Waals surface area contributed by atoms with Crippen molar-refractivity contribution >= 4 is 11.3 Å². The van der Waals surface area contributed by atoms with Crippen molar-refractivity contribution in [3.8, 4) is 22.8 Å². The molecule has 0 saturated carbocycles. The van der Waals surface area contributed by atoms with Gasteiger partial charge in [-0.3, -0.25) is 4.68 Å². The van der Waals surface area contributed by atoms with E-state index in [-0.39, 0.29) is 5.82 Å². The number of fused-ring (bicyclic) bond motifs is 1. The number of hydrogen-bond donors (Lipinski definition) is 1. The Morgan fingerprint density at radius 1 is 1.06 bits per heavy atom. The van der Waals surface area contributed by atoms with Gasteiger partial charge in [0.2, 0.25) is 0 Å². The first-order valence-corrected chi connectivity index (χ1v) is 11.7. The van der Waals surface area contributed by atoms with Crippen LogP contribution in [-0.4, -0.2) is 26.3 Å². The van der Waals surface area contributed by atoms with Gasteiger partial charge in [-0.1, -0.05) is 57.2 Å². The van der Waals surface area contributed by atoms with Gasteiger partial charge in [0.05, 0.1) is 24.5 Å². The van der Waals surface area contributed by atoms with Crippen molar-refractivity contribution < 1.29 is 4.39 Å². The molecule has 6 heteroatoms. The highest BCUT2D eigenvalue weighted by Crippen LogP contribution is 2.26. The van der Waals surface area contributed by atoms with Crippen LogP contribution in [0.4, 0.5) is 10.1 Å². The predicted octanol–water partition coefficient (Wildman–Crippen LogP) is 6.85. The van der Waals surface area contributed by atoms with Crippen LogP contribution in [0.2, 0.25) is 0 Å². The second-order valence-electron chi connectivity index (χ2n) is 8.31. The lowest BCUT2D eigenvalue weighted by Crippen LogP contribution is -2.06. The van der Waals surface area contributed by atoms with Crippen LogP contribution in [0, 0.1) is 5.82 Å². The van der Waals surface area contributed by atoms with Crippen molar-refractivity contribution in [2.75, 3.05) is 11.9 Å². The van der Waals surface area contributed by atoms with Crippen molar-refractivity contribution in [3.63, 3.8) is 0 Å². The Kier molecular flexibility index (Phi) is 7.48. The van der Waals surface area contributed by atoms with Crippen molar-refractivity contribution in [2.24, 2.45) is 0 Å². The largest absolute Gasteiger partial charge is 0.385 e. The Morgan fingerprint density at radius 2 is 1.82 bits per heavy atom. The van der Waals surface area contributed by atoms with E-state index in [4.69, 9.17) is 0 Å². The summed E-state index contributed by atoms with van der Waals surface area (Å²) in [6.45, 7) is 10.2. The van der Waals surface area contributed by atoms with E-state index in [9.17, 15) is 4.39 Å². The molecule has 0 amide bonds. The van der Waals surface area contributed by atoms with E-state index >= 15 is 0 Å². The maximum absolute atomic E-state index is 14.1. The smallest absolute Gasteiger partial charge is 0.163 e. The van der Waals surface area contributed by atoms with E-state index in [1.807, 2.05) is 10.9 Å². The van der Waals surface area contributed by atoms with Gasteiger partial charge in [0.25, 0.3) is 0 Å². The van der Waals surface area contributed by atoms with Gasteiger partial charge in [-0.2, -0.15) is 5.10 Å². The summed E-state index contributed by atoms with van der Waals surface area (Å²) >= 11 is 0. The van der Waals surface area contributed by atoms with Gasteiger partial charge in [-0.25, -0.2) is 14.4 Å². The maximum Gasteiger partial charge on any atom is 0.163 e. The molecule has 2 heterocycles. The first-order valence-electron chi connectivity index (χ1n) is 11.7. The first-order chi connectivity index (χ1) is 16.6. The third-order valence-electron chi connectivity index (χ3n) is 5.74. The third kappa shape index (κ3) is 5.57. The standard InChI is InChI=1S/C28H30FN5/c1-4-6-15-30-23-13-11-22(12-14-23)20(3)16-21(5-2)18-34-19-27-26(17-31-34)32-28(33-27)24-9-7-8-10-25(24)29/h7-14,16-17,19,30H,3-6,15,18H2,1-2H3/b21-16+. The molecule has 0 unspecified atom stereocenters. The minimum atomic E-state index is -0.335. The molecule has 0 fully saturated rings. The Bertz CT molecular complexity index is 1260. The minimum absolute atomic E-state index is 0.335. The Balaban J connectivity index is 1.48. The van der Waals surface area contributed by atoms with Gasteiger partial charge in [-0.15, -0.1) is 0 Å². The molecule has 2 aromatic carbocycles. The van der Waals surface area contributed by atoms with Gasteiger partial charge < -0.3 is 5.32 Å². The van der Waals surface area contributed by atoms with Crippen LogP contribution in [0.1, 0.15) is 38.7 Å². The van der Waals surface area contributed by atoms with Crippen LogP contribution in [-0.2, 0) is 6.54 Å². The molecular formula is C28H30FN5. The van der Waals surface area contributed by atoms with E-state index < -0.39 is 0 Å². The molecular weight excluding hydrogens is 425 g/mol. The van der Waals surface area contributed by atoms with E-state index in [1.54, 1.807) is 24.4 Å². The molecule has 4 rings (SSSR count). The second kappa shape index (κ2) is 10.9. The van der Waals surface area contributed by atoms with Gasteiger partial charge in [-0.05, 0) is 53.8 Å². The van der Waals surface area contributed by atoms with E-state index in [0.717, 1.165) is 36.2 Å². The normalized spacial score (nSPS) is 11.7. The molecule has 2 aliphatic heterocycles. The lowest BCUT2D eigenvalue weighted by molar-refractivity contribution is 0.630. The van der Waals surface area contributed by atoms with Crippen LogP contribution in [0.3, 0.4) is 0 Å². The van der Waals surface area contributed by atoms with Crippen LogP contribution < -0.4 is 5.32 Å². The molecule has 0 radical (unpaired) electrons. The second-order valence-corrected chi connectivity index (χ2v) is 8.31. The molecule has 2 aliphatic rings. The summed E-state index contributed by atoms with van der Waals surface area (Å²) in [5.74, 6) is 0.0399. The number of anilines is 1. The van der Waals surface area contributed by atoms with E-state index in [1.165, 1.54) is 18.1 Å². The molecule has 0 spiro atoms. The van der Waals surface area contributed by atoms with Crippen molar-refractivity contribution in [1.29, 1.82) is 0 Å². The zero-order valence-corrected chi connectivity index (χ0v) is 19.8. The van der Waals surface area contributed by atoms with Crippen LogP contribution >= 0.6 is 0 Å². The first kappa shape index (κ1) is 23.4. The lowest BCUT2D eigenvalue weighted by Gasteiger charge is -2.11. The predicted molar refractivity (Wildman–Crippen MR) is 137 cm³/mol. The number of unbranched alkanes of at least 4 members (excludes halogenated alkanes) is 1. The highest BCUT2D eigenvalue weighted by Gasteiger charge is 2.16. The summed E-state index contributed by atoms with van der Waals surface area (Å²) in [6.07, 6.45) is 8.87. The maximum atomic E-state index is 14.1. The quantitative estimate of drug-likeness (QED) is 0.210. The van der Waals surface area contributed by atoms with Gasteiger partial charge in [0.1, 0.15) is 17.2 Å². The summed E-state index contributed by atoms with van der Waals surface area (Å²) in [4.78, 5) is 8.97. The summed E-state index contributed by atoms with van der Waals surface area (Å²) in [5, 5.41) is 7.93. The summed E-state index contributed by atoms with van der Waals surface area (Å²) in [6, 6.07) is 14.9. The molecule has 0 saturated heterocycles. The van der Waals surface area contributed by atoms with Crippen molar-refractivity contribution in [1.82, 2.24) is 19.7 Å². The zero-order valence-electron chi connectivity index (χ0n) is 19.8. The number of nitrogens with one attached hydrogen (secondary N) is 1. The average molecular weight is 456 g/mol. The van der Waals surface area contributed by atoms with Gasteiger partial charge in [0, 0.05) is 12.2 Å². The van der Waals surface area contributed by atoms with E-state index in [2.05, 4.69) is 71.2 Å². The Morgan fingerprint density at radius 3 is 2.56 bits per heavy atom. The van der Waals surface area contributed by atoms with Crippen LogP contribution in [0.25, 0.3) is 28.3 Å². The molecule has 0 atom stereocenters. The fourth-order valence-electron chi connectivity index (χ4n) is 3.72. The fourth-order valence-corrected chi connectivity index (χ4v) is 3.72. The molecule has 1 N–H and O–H groups in total. The van der Waals surface area contributed by atoms with Gasteiger partial charge in [0.15, 0.2) is 5.82 Å². The molecule has 2 aromatic rings.